The second kappa shape index (κ2) is 6.91. The molecule has 23 heavy (non-hydrogen) atoms. The summed E-state index contributed by atoms with van der Waals surface area (Å²) in [6.45, 7) is 0.682. The van der Waals surface area contributed by atoms with Crippen molar-refractivity contribution in [2.75, 3.05) is 20.7 Å². The summed E-state index contributed by atoms with van der Waals surface area (Å²) in [7, 11) is 3.54. The average Bonchev–Trinajstić information content (AvgIpc) is 3.37. The van der Waals surface area contributed by atoms with E-state index in [1.54, 1.807) is 7.11 Å². The van der Waals surface area contributed by atoms with Gasteiger partial charge in [0.2, 0.25) is 5.91 Å². The fourth-order valence-electron chi connectivity index (χ4n) is 3.83. The number of benzene rings is 1. The van der Waals surface area contributed by atoms with Crippen molar-refractivity contribution in [3.05, 3.63) is 29.8 Å². The van der Waals surface area contributed by atoms with E-state index in [1.165, 1.54) is 12.0 Å². The Morgan fingerprint density at radius 2 is 2.13 bits per heavy atom. The van der Waals surface area contributed by atoms with Crippen molar-refractivity contribution >= 4 is 5.91 Å². The Bertz CT molecular complexity index is 559. The molecule has 2 fully saturated rings. The van der Waals surface area contributed by atoms with Crippen LogP contribution in [-0.2, 0) is 4.79 Å². The third kappa shape index (κ3) is 3.69. The molecule has 2 saturated carbocycles. The normalized spacial score (nSPS) is 29.9. The van der Waals surface area contributed by atoms with Crippen LogP contribution in [0.1, 0.15) is 43.6 Å². The highest BCUT2D eigenvalue weighted by Gasteiger charge is 2.45. The Morgan fingerprint density at radius 3 is 2.87 bits per heavy atom. The van der Waals surface area contributed by atoms with Gasteiger partial charge in [0.1, 0.15) is 5.75 Å². The Kier molecular flexibility index (Phi) is 4.90. The van der Waals surface area contributed by atoms with Crippen molar-refractivity contribution in [3.8, 4) is 5.75 Å². The van der Waals surface area contributed by atoms with E-state index in [9.17, 15) is 9.90 Å². The number of carbonyl (C=O) groups excluding carboxylic acids is 1. The molecule has 4 unspecified atom stereocenters. The number of rotatable bonds is 5. The number of amides is 1. The molecule has 1 aromatic rings. The Balaban J connectivity index is 1.56. The molecule has 3 rings (SSSR count). The van der Waals surface area contributed by atoms with E-state index in [1.807, 2.05) is 30.1 Å². The zero-order valence-corrected chi connectivity index (χ0v) is 14.1. The Hall–Kier alpha value is -1.55. The van der Waals surface area contributed by atoms with Gasteiger partial charge in [-0.1, -0.05) is 25.0 Å². The van der Waals surface area contributed by atoms with Crippen LogP contribution in [0.2, 0.25) is 0 Å². The summed E-state index contributed by atoms with van der Waals surface area (Å²) in [6.07, 6.45) is 4.86. The summed E-state index contributed by atoms with van der Waals surface area (Å²) in [4.78, 5) is 14.5. The number of ether oxygens (including phenoxy) is 1. The SMILES string of the molecule is COc1cccc(C2CC2C(=O)N(C)CC2CCCCC2O)c1. The first-order valence-corrected chi connectivity index (χ1v) is 8.67. The maximum atomic E-state index is 12.6. The molecule has 126 valence electrons. The lowest BCUT2D eigenvalue weighted by Gasteiger charge is -2.31. The van der Waals surface area contributed by atoms with E-state index in [-0.39, 0.29) is 23.8 Å². The number of nitrogens with zero attached hydrogens (tertiary/aromatic N) is 1. The van der Waals surface area contributed by atoms with Crippen molar-refractivity contribution in [3.63, 3.8) is 0 Å². The molecular weight excluding hydrogens is 290 g/mol. The number of methoxy groups -OCH3 is 1. The minimum atomic E-state index is -0.243. The van der Waals surface area contributed by atoms with Gasteiger partial charge in [0.05, 0.1) is 13.2 Å². The summed E-state index contributed by atoms with van der Waals surface area (Å²) < 4.78 is 5.27. The zero-order valence-electron chi connectivity index (χ0n) is 14.1. The van der Waals surface area contributed by atoms with Crippen LogP contribution in [0, 0.1) is 11.8 Å². The molecule has 0 heterocycles. The minimum absolute atomic E-state index is 0.0906. The lowest BCUT2D eigenvalue weighted by Crippen LogP contribution is -2.38. The average molecular weight is 317 g/mol. The lowest BCUT2D eigenvalue weighted by molar-refractivity contribution is -0.132. The molecule has 1 N–H and O–H groups in total. The van der Waals surface area contributed by atoms with Crippen molar-refractivity contribution in [2.24, 2.45) is 11.8 Å². The number of carbonyl (C=O) groups is 1. The van der Waals surface area contributed by atoms with Gasteiger partial charge in [-0.15, -0.1) is 0 Å². The number of aliphatic hydroxyl groups is 1. The topological polar surface area (TPSA) is 49.8 Å². The van der Waals surface area contributed by atoms with Gasteiger partial charge in [-0.2, -0.15) is 0 Å². The molecule has 4 nitrogen and oxygen atoms in total. The number of aliphatic hydroxyl groups excluding tert-OH is 1. The van der Waals surface area contributed by atoms with E-state index in [4.69, 9.17) is 4.74 Å². The van der Waals surface area contributed by atoms with Gasteiger partial charge >= 0.3 is 0 Å². The summed E-state index contributed by atoms with van der Waals surface area (Å²) in [5.74, 6) is 1.71. The van der Waals surface area contributed by atoms with Crippen molar-refractivity contribution in [1.29, 1.82) is 0 Å². The molecule has 1 aromatic carbocycles. The van der Waals surface area contributed by atoms with Gasteiger partial charge < -0.3 is 14.7 Å². The molecule has 0 spiro atoms. The van der Waals surface area contributed by atoms with E-state index < -0.39 is 0 Å². The van der Waals surface area contributed by atoms with E-state index in [0.29, 0.717) is 12.5 Å². The predicted molar refractivity (Wildman–Crippen MR) is 89.4 cm³/mol. The maximum Gasteiger partial charge on any atom is 0.226 e. The highest BCUT2D eigenvalue weighted by atomic mass is 16.5. The molecular formula is C19H27NO3. The molecule has 0 bridgehead atoms. The lowest BCUT2D eigenvalue weighted by atomic mass is 9.86. The standard InChI is InChI=1S/C19H27NO3/c1-20(12-14-6-3-4-9-18(14)21)19(22)17-11-16(17)13-7-5-8-15(10-13)23-2/h5,7-8,10,14,16-18,21H,3-4,6,9,11-12H2,1-2H3. The molecule has 2 aliphatic carbocycles. The van der Waals surface area contributed by atoms with Gasteiger partial charge in [0, 0.05) is 25.4 Å². The third-order valence-corrected chi connectivity index (χ3v) is 5.38. The molecule has 2 aliphatic rings. The van der Waals surface area contributed by atoms with Crippen LogP contribution in [0.25, 0.3) is 0 Å². The van der Waals surface area contributed by atoms with Gasteiger partial charge in [-0.3, -0.25) is 4.79 Å². The predicted octanol–water partition coefficient (Wildman–Crippen LogP) is 2.81. The summed E-state index contributed by atoms with van der Waals surface area (Å²) >= 11 is 0. The molecule has 0 radical (unpaired) electrons. The van der Waals surface area contributed by atoms with E-state index in [0.717, 1.165) is 31.4 Å². The van der Waals surface area contributed by atoms with Gasteiger partial charge in [0.25, 0.3) is 0 Å². The molecule has 1 amide bonds. The zero-order chi connectivity index (χ0) is 16.4. The fraction of sp³-hybridized carbons (Fsp3) is 0.632. The minimum Gasteiger partial charge on any atom is -0.497 e. The monoisotopic (exact) mass is 317 g/mol. The smallest absolute Gasteiger partial charge is 0.226 e. The second-order valence-corrected chi connectivity index (χ2v) is 7.06. The van der Waals surface area contributed by atoms with Gasteiger partial charge in [-0.25, -0.2) is 0 Å². The van der Waals surface area contributed by atoms with E-state index >= 15 is 0 Å². The van der Waals surface area contributed by atoms with Crippen LogP contribution < -0.4 is 4.74 Å². The van der Waals surface area contributed by atoms with Crippen LogP contribution >= 0.6 is 0 Å². The number of hydrogen-bond donors (Lipinski definition) is 1. The first kappa shape index (κ1) is 16.3. The fourth-order valence-corrected chi connectivity index (χ4v) is 3.83. The summed E-state index contributed by atoms with van der Waals surface area (Å²) in [6, 6.07) is 8.02. The van der Waals surface area contributed by atoms with Crippen LogP contribution in [-0.4, -0.2) is 42.7 Å². The first-order chi connectivity index (χ1) is 11.1. The molecule has 0 aromatic heterocycles. The first-order valence-electron chi connectivity index (χ1n) is 8.67. The third-order valence-electron chi connectivity index (χ3n) is 5.38. The quantitative estimate of drug-likeness (QED) is 0.908. The largest absolute Gasteiger partial charge is 0.497 e. The van der Waals surface area contributed by atoms with Crippen LogP contribution in [0.15, 0.2) is 24.3 Å². The van der Waals surface area contributed by atoms with Crippen LogP contribution in [0.4, 0.5) is 0 Å². The molecule has 4 atom stereocenters. The highest BCUT2D eigenvalue weighted by molar-refractivity contribution is 5.82. The Labute approximate surface area is 138 Å². The second-order valence-electron chi connectivity index (χ2n) is 7.06. The Morgan fingerprint density at radius 1 is 1.35 bits per heavy atom. The summed E-state index contributed by atoms with van der Waals surface area (Å²) in [5, 5.41) is 10.1. The summed E-state index contributed by atoms with van der Waals surface area (Å²) in [5.41, 5.74) is 1.19. The van der Waals surface area contributed by atoms with Crippen LogP contribution in [0.3, 0.4) is 0 Å². The molecule has 4 heteroatoms. The maximum absolute atomic E-state index is 12.6. The van der Waals surface area contributed by atoms with Crippen molar-refractivity contribution in [1.82, 2.24) is 4.90 Å². The van der Waals surface area contributed by atoms with Gasteiger partial charge in [-0.05, 0) is 42.9 Å². The van der Waals surface area contributed by atoms with Crippen molar-refractivity contribution < 1.29 is 14.6 Å². The van der Waals surface area contributed by atoms with Crippen LogP contribution in [0.5, 0.6) is 5.75 Å². The molecule has 0 aliphatic heterocycles. The molecule has 0 saturated heterocycles. The van der Waals surface area contributed by atoms with Gasteiger partial charge in [0.15, 0.2) is 0 Å². The van der Waals surface area contributed by atoms with E-state index in [2.05, 4.69) is 6.07 Å². The highest BCUT2D eigenvalue weighted by Crippen LogP contribution is 2.49. The van der Waals surface area contributed by atoms with Crippen molar-refractivity contribution in [2.45, 2.75) is 44.1 Å². The number of hydrogen-bond acceptors (Lipinski definition) is 3.